The van der Waals surface area contributed by atoms with Crippen molar-refractivity contribution in [3.63, 3.8) is 0 Å². The summed E-state index contributed by atoms with van der Waals surface area (Å²) in [6.07, 6.45) is 2.92. The second-order valence-electron chi connectivity index (χ2n) is 4.32. The number of hydrogen-bond acceptors (Lipinski definition) is 6. The number of nitrogen functional groups attached to an aromatic ring is 1. The summed E-state index contributed by atoms with van der Waals surface area (Å²) >= 11 is 1.31. The monoisotopic (exact) mass is 294 g/mol. The van der Waals surface area contributed by atoms with Gasteiger partial charge in [0, 0.05) is 19.2 Å². The molecule has 3 N–H and O–H groups in total. The molecule has 7 nitrogen and oxygen atoms in total. The molecule has 20 heavy (non-hydrogen) atoms. The average Bonchev–Trinajstić information content (AvgIpc) is 2.77. The zero-order valence-corrected chi connectivity index (χ0v) is 11.7. The molecular weight excluding hydrogens is 280 g/mol. The lowest BCUT2D eigenvalue weighted by atomic mass is 10.1. The Labute approximate surface area is 118 Å². The number of carboxylic acid groups (broad SMARTS) is 1. The van der Waals surface area contributed by atoms with Gasteiger partial charge in [-0.1, -0.05) is 11.3 Å². The lowest BCUT2D eigenvalue weighted by Gasteiger charge is -2.07. The van der Waals surface area contributed by atoms with Gasteiger partial charge >= 0.3 is 5.97 Å². The predicted molar refractivity (Wildman–Crippen MR) is 75.0 cm³/mol. The maximum absolute atomic E-state index is 12.0. The largest absolute Gasteiger partial charge is 0.477 e. The highest BCUT2D eigenvalue weighted by Gasteiger charge is 2.14. The van der Waals surface area contributed by atoms with Gasteiger partial charge in [-0.15, -0.1) is 10.2 Å². The Kier molecular flexibility index (Phi) is 4.14. The van der Waals surface area contributed by atoms with Gasteiger partial charge < -0.3 is 15.4 Å². The van der Waals surface area contributed by atoms with Crippen LogP contribution in [0.4, 0.5) is 5.13 Å². The summed E-state index contributed by atoms with van der Waals surface area (Å²) in [5.41, 5.74) is 5.30. The van der Waals surface area contributed by atoms with E-state index < -0.39 is 11.5 Å². The molecule has 2 aromatic rings. The van der Waals surface area contributed by atoms with Crippen LogP contribution in [-0.4, -0.2) is 25.8 Å². The summed E-state index contributed by atoms with van der Waals surface area (Å²) in [5.74, 6) is -1.20. The Hall–Kier alpha value is -2.22. The van der Waals surface area contributed by atoms with Crippen molar-refractivity contribution < 1.29 is 9.90 Å². The summed E-state index contributed by atoms with van der Waals surface area (Å²) in [5, 5.41) is 17.9. The Morgan fingerprint density at radius 3 is 2.85 bits per heavy atom. The van der Waals surface area contributed by atoms with E-state index in [1.165, 1.54) is 15.9 Å². The molecule has 0 saturated heterocycles. The van der Waals surface area contributed by atoms with E-state index in [-0.39, 0.29) is 5.56 Å². The minimum absolute atomic E-state index is 0.173. The highest BCUT2D eigenvalue weighted by atomic mass is 32.1. The Bertz CT molecular complexity index is 692. The molecule has 2 heterocycles. The Morgan fingerprint density at radius 2 is 2.25 bits per heavy atom. The minimum Gasteiger partial charge on any atom is -0.477 e. The van der Waals surface area contributed by atoms with Crippen LogP contribution in [0.5, 0.6) is 0 Å². The molecule has 0 saturated carbocycles. The molecule has 8 heteroatoms. The molecule has 0 unspecified atom stereocenters. The van der Waals surface area contributed by atoms with Crippen LogP contribution >= 0.6 is 11.3 Å². The van der Waals surface area contributed by atoms with Crippen LogP contribution in [0.2, 0.25) is 0 Å². The van der Waals surface area contributed by atoms with Crippen LogP contribution < -0.4 is 11.3 Å². The molecule has 0 aromatic carbocycles. The van der Waals surface area contributed by atoms with E-state index in [0.29, 0.717) is 30.1 Å². The maximum atomic E-state index is 12.0. The van der Waals surface area contributed by atoms with Crippen LogP contribution in [0.25, 0.3) is 0 Å². The molecule has 0 aliphatic rings. The lowest BCUT2D eigenvalue weighted by molar-refractivity contribution is 0.0693. The van der Waals surface area contributed by atoms with Crippen LogP contribution in [0, 0.1) is 6.92 Å². The molecule has 0 aliphatic carbocycles. The predicted octanol–water partition coefficient (Wildman–Crippen LogP) is 0.921. The first kappa shape index (κ1) is 14.2. The van der Waals surface area contributed by atoms with Gasteiger partial charge in [-0.3, -0.25) is 4.79 Å². The molecule has 0 fully saturated rings. The second kappa shape index (κ2) is 5.83. The third-order valence-electron chi connectivity index (χ3n) is 2.86. The quantitative estimate of drug-likeness (QED) is 0.848. The number of pyridine rings is 1. The van der Waals surface area contributed by atoms with Crippen LogP contribution in [-0.2, 0) is 13.0 Å². The number of anilines is 1. The number of carboxylic acids is 1. The molecule has 2 rings (SSSR count). The molecule has 106 valence electrons. The maximum Gasteiger partial charge on any atom is 0.341 e. The van der Waals surface area contributed by atoms with E-state index in [2.05, 4.69) is 10.2 Å². The van der Waals surface area contributed by atoms with Crippen LogP contribution in [0.3, 0.4) is 0 Å². The highest BCUT2D eigenvalue weighted by Crippen LogP contribution is 2.13. The molecule has 0 atom stereocenters. The number of aromatic nitrogens is 3. The fraction of sp³-hybridized carbons (Fsp3) is 0.333. The van der Waals surface area contributed by atoms with Gasteiger partial charge in [-0.25, -0.2) is 4.79 Å². The summed E-state index contributed by atoms with van der Waals surface area (Å²) in [6, 6.07) is 1.63. The lowest BCUT2D eigenvalue weighted by Crippen LogP contribution is -2.27. The van der Waals surface area contributed by atoms with Crippen molar-refractivity contribution in [3.05, 3.63) is 38.8 Å². The van der Waals surface area contributed by atoms with E-state index >= 15 is 0 Å². The summed E-state index contributed by atoms with van der Waals surface area (Å²) in [4.78, 5) is 23.1. The first-order valence-electron chi connectivity index (χ1n) is 6.00. The standard InChI is InChI=1S/C12H14N4O3S/c1-7-4-6-16(10(17)9(7)11(18)19)5-2-3-8-14-15-12(13)20-8/h4,6H,2-3,5H2,1H3,(H2,13,15)(H,18,19). The topological polar surface area (TPSA) is 111 Å². The fourth-order valence-corrected chi connectivity index (χ4v) is 2.52. The van der Waals surface area contributed by atoms with Crippen molar-refractivity contribution in [1.82, 2.24) is 14.8 Å². The molecule has 2 aromatic heterocycles. The SMILES string of the molecule is Cc1ccn(CCCc2nnc(N)s2)c(=O)c1C(=O)O. The number of nitrogens with two attached hydrogens (primary N) is 1. The number of aryl methyl sites for hydroxylation is 3. The van der Waals surface area contributed by atoms with Crippen LogP contribution in [0.15, 0.2) is 17.1 Å². The van der Waals surface area contributed by atoms with Crippen molar-refractivity contribution in [3.8, 4) is 0 Å². The molecule has 0 aliphatic heterocycles. The molecular formula is C12H14N4O3S. The van der Waals surface area contributed by atoms with Gasteiger partial charge in [-0.2, -0.15) is 0 Å². The van der Waals surface area contributed by atoms with Gasteiger partial charge in [0.25, 0.3) is 5.56 Å². The number of hydrogen-bond donors (Lipinski definition) is 2. The second-order valence-corrected chi connectivity index (χ2v) is 5.41. The number of aromatic carboxylic acids is 1. The third-order valence-corrected chi connectivity index (χ3v) is 3.67. The van der Waals surface area contributed by atoms with E-state index in [0.717, 1.165) is 5.01 Å². The molecule has 0 amide bonds. The summed E-state index contributed by atoms with van der Waals surface area (Å²) in [7, 11) is 0. The van der Waals surface area contributed by atoms with Crippen molar-refractivity contribution in [2.75, 3.05) is 5.73 Å². The zero-order valence-electron chi connectivity index (χ0n) is 10.9. The van der Waals surface area contributed by atoms with E-state index in [1.54, 1.807) is 19.2 Å². The smallest absolute Gasteiger partial charge is 0.341 e. The number of rotatable bonds is 5. The molecule has 0 radical (unpaired) electrons. The Morgan fingerprint density at radius 1 is 1.50 bits per heavy atom. The molecule has 0 bridgehead atoms. The minimum atomic E-state index is -1.20. The zero-order chi connectivity index (χ0) is 14.7. The van der Waals surface area contributed by atoms with Crippen molar-refractivity contribution >= 4 is 22.4 Å². The summed E-state index contributed by atoms with van der Waals surface area (Å²) in [6.45, 7) is 2.04. The van der Waals surface area contributed by atoms with Crippen molar-refractivity contribution in [1.29, 1.82) is 0 Å². The molecule has 0 spiro atoms. The summed E-state index contributed by atoms with van der Waals surface area (Å²) < 4.78 is 1.40. The van der Waals surface area contributed by atoms with E-state index in [1.807, 2.05) is 0 Å². The third kappa shape index (κ3) is 3.02. The first-order valence-corrected chi connectivity index (χ1v) is 6.82. The number of nitrogens with zero attached hydrogens (tertiary/aromatic N) is 3. The van der Waals surface area contributed by atoms with Gasteiger partial charge in [0.05, 0.1) is 0 Å². The van der Waals surface area contributed by atoms with Crippen molar-refractivity contribution in [2.24, 2.45) is 0 Å². The fourth-order valence-electron chi connectivity index (χ4n) is 1.87. The van der Waals surface area contributed by atoms with E-state index in [4.69, 9.17) is 10.8 Å². The number of carbonyl (C=O) groups is 1. The highest BCUT2D eigenvalue weighted by molar-refractivity contribution is 7.15. The van der Waals surface area contributed by atoms with Gasteiger partial charge in [0.15, 0.2) is 0 Å². The van der Waals surface area contributed by atoms with Crippen molar-refractivity contribution in [2.45, 2.75) is 26.3 Å². The Balaban J connectivity index is 2.09. The van der Waals surface area contributed by atoms with Gasteiger partial charge in [0.1, 0.15) is 10.6 Å². The van der Waals surface area contributed by atoms with Gasteiger partial charge in [-0.05, 0) is 25.0 Å². The normalized spacial score (nSPS) is 10.7. The van der Waals surface area contributed by atoms with E-state index in [9.17, 15) is 9.59 Å². The van der Waals surface area contributed by atoms with Gasteiger partial charge in [0.2, 0.25) is 5.13 Å². The first-order chi connectivity index (χ1) is 9.49. The van der Waals surface area contributed by atoms with Crippen LogP contribution in [0.1, 0.15) is 27.3 Å². The average molecular weight is 294 g/mol.